The highest BCUT2D eigenvalue weighted by Crippen LogP contribution is 2.25. The van der Waals surface area contributed by atoms with Crippen molar-refractivity contribution in [2.45, 2.75) is 25.1 Å². The molecule has 0 unspecified atom stereocenters. The van der Waals surface area contributed by atoms with E-state index >= 15 is 0 Å². The van der Waals surface area contributed by atoms with Crippen molar-refractivity contribution in [2.24, 2.45) is 0 Å². The van der Waals surface area contributed by atoms with Crippen molar-refractivity contribution in [1.82, 2.24) is 4.90 Å². The summed E-state index contributed by atoms with van der Waals surface area (Å²) in [4.78, 5) is 25.1. The molecule has 5 nitrogen and oxygen atoms in total. The number of nitrogens with zero attached hydrogens (tertiary/aromatic N) is 1. The minimum absolute atomic E-state index is 0.218. The molecule has 2 aromatic rings. The van der Waals surface area contributed by atoms with Crippen molar-refractivity contribution in [2.75, 3.05) is 0 Å². The summed E-state index contributed by atoms with van der Waals surface area (Å²) in [7, 11) is 0. The van der Waals surface area contributed by atoms with Crippen LogP contribution in [0.1, 0.15) is 17.5 Å². The van der Waals surface area contributed by atoms with Crippen LogP contribution in [0.15, 0.2) is 66.7 Å². The number of carboxylic acid groups (broad SMARTS) is 1. The van der Waals surface area contributed by atoms with Gasteiger partial charge in [-0.2, -0.15) is 0 Å². The lowest BCUT2D eigenvalue weighted by Crippen LogP contribution is -2.42. The molecule has 1 aliphatic rings. The number of aliphatic carboxylic acids is 1. The van der Waals surface area contributed by atoms with Gasteiger partial charge in [0.15, 0.2) is 6.04 Å². The molecule has 2 aromatic carbocycles. The van der Waals surface area contributed by atoms with Crippen molar-refractivity contribution >= 4 is 18.1 Å². The Bertz CT molecular complexity index is 758. The molecule has 3 rings (SSSR count). The zero-order valence-electron chi connectivity index (χ0n) is 13.6. The SMILES string of the molecule is O=C(O)[C@H]1[C@H](C/C=C/c2ccccc2)OC(=O)N1Cc1ccccc1. The summed E-state index contributed by atoms with van der Waals surface area (Å²) in [5, 5.41) is 9.57. The molecule has 2 atom stereocenters. The van der Waals surface area contributed by atoms with Gasteiger partial charge in [0.2, 0.25) is 0 Å². The Morgan fingerprint density at radius 2 is 1.72 bits per heavy atom. The van der Waals surface area contributed by atoms with Gasteiger partial charge in [-0.05, 0) is 11.1 Å². The van der Waals surface area contributed by atoms with Gasteiger partial charge in [-0.3, -0.25) is 4.90 Å². The molecule has 1 saturated heterocycles. The predicted molar refractivity (Wildman–Crippen MR) is 93.8 cm³/mol. The highest BCUT2D eigenvalue weighted by molar-refractivity contribution is 5.84. The number of carboxylic acids is 1. The number of amides is 1. The van der Waals surface area contributed by atoms with Crippen LogP contribution in [-0.2, 0) is 16.1 Å². The fourth-order valence-electron chi connectivity index (χ4n) is 2.89. The van der Waals surface area contributed by atoms with Gasteiger partial charge >= 0.3 is 12.1 Å². The van der Waals surface area contributed by atoms with E-state index in [-0.39, 0.29) is 6.54 Å². The van der Waals surface area contributed by atoms with Crippen molar-refractivity contribution < 1.29 is 19.4 Å². The lowest BCUT2D eigenvalue weighted by atomic mass is 10.1. The minimum Gasteiger partial charge on any atom is -0.480 e. The van der Waals surface area contributed by atoms with Crippen LogP contribution in [0.2, 0.25) is 0 Å². The maximum Gasteiger partial charge on any atom is 0.411 e. The van der Waals surface area contributed by atoms with Gasteiger partial charge in [-0.15, -0.1) is 0 Å². The molecule has 1 amide bonds. The molecule has 0 saturated carbocycles. The van der Waals surface area contributed by atoms with E-state index in [2.05, 4.69) is 0 Å². The molecule has 0 aromatic heterocycles. The maximum atomic E-state index is 12.2. The van der Waals surface area contributed by atoms with E-state index in [4.69, 9.17) is 4.74 Å². The summed E-state index contributed by atoms with van der Waals surface area (Å²) in [5.41, 5.74) is 1.88. The van der Waals surface area contributed by atoms with Gasteiger partial charge in [-0.25, -0.2) is 9.59 Å². The fraction of sp³-hybridized carbons (Fsp3) is 0.200. The normalized spacial score (nSPS) is 20.0. The number of hydrogen-bond acceptors (Lipinski definition) is 3. The van der Waals surface area contributed by atoms with E-state index in [1.807, 2.05) is 72.8 Å². The quantitative estimate of drug-likeness (QED) is 0.875. The summed E-state index contributed by atoms with van der Waals surface area (Å²) >= 11 is 0. The molecular formula is C20H19NO4. The third kappa shape index (κ3) is 4.07. The largest absolute Gasteiger partial charge is 0.480 e. The highest BCUT2D eigenvalue weighted by Gasteiger charge is 2.45. The molecule has 128 valence electrons. The fourth-order valence-corrected chi connectivity index (χ4v) is 2.89. The predicted octanol–water partition coefficient (Wildman–Crippen LogP) is 3.56. The van der Waals surface area contributed by atoms with Crippen LogP contribution in [0, 0.1) is 0 Å². The van der Waals surface area contributed by atoms with Crippen LogP contribution in [-0.4, -0.2) is 34.2 Å². The minimum atomic E-state index is -1.06. The molecule has 1 N–H and O–H groups in total. The molecule has 0 radical (unpaired) electrons. The van der Waals surface area contributed by atoms with E-state index < -0.39 is 24.2 Å². The van der Waals surface area contributed by atoms with E-state index in [0.29, 0.717) is 6.42 Å². The summed E-state index contributed by atoms with van der Waals surface area (Å²) < 4.78 is 5.31. The molecule has 1 aliphatic heterocycles. The zero-order valence-corrected chi connectivity index (χ0v) is 13.6. The van der Waals surface area contributed by atoms with Crippen LogP contribution in [0.3, 0.4) is 0 Å². The van der Waals surface area contributed by atoms with Crippen LogP contribution >= 0.6 is 0 Å². The number of carbonyl (C=O) groups is 2. The van der Waals surface area contributed by atoms with E-state index in [9.17, 15) is 14.7 Å². The monoisotopic (exact) mass is 337 g/mol. The standard InChI is InChI=1S/C20H19NO4/c22-19(23)18-17(13-7-12-15-8-3-1-4-9-15)25-20(24)21(18)14-16-10-5-2-6-11-16/h1-12,17-18H,13-14H2,(H,22,23)/b12-7+/t17-,18+/m0/s1. The number of benzene rings is 2. The van der Waals surface area contributed by atoms with Crippen molar-refractivity contribution in [3.8, 4) is 0 Å². The number of hydrogen-bond donors (Lipinski definition) is 1. The third-order valence-electron chi connectivity index (χ3n) is 4.10. The molecule has 1 heterocycles. The highest BCUT2D eigenvalue weighted by atomic mass is 16.6. The van der Waals surface area contributed by atoms with Crippen molar-refractivity contribution in [3.63, 3.8) is 0 Å². The van der Waals surface area contributed by atoms with Crippen LogP contribution in [0.25, 0.3) is 6.08 Å². The van der Waals surface area contributed by atoms with Gasteiger partial charge in [0.25, 0.3) is 0 Å². The topological polar surface area (TPSA) is 66.8 Å². The number of ether oxygens (including phenoxy) is 1. The Hall–Kier alpha value is -3.08. The van der Waals surface area contributed by atoms with Gasteiger partial charge in [-0.1, -0.05) is 72.8 Å². The third-order valence-corrected chi connectivity index (χ3v) is 4.10. The van der Waals surface area contributed by atoms with Crippen LogP contribution < -0.4 is 0 Å². The Morgan fingerprint density at radius 3 is 2.36 bits per heavy atom. The van der Waals surface area contributed by atoms with Gasteiger partial charge in [0.05, 0.1) is 6.54 Å². The second-order valence-corrected chi connectivity index (χ2v) is 5.87. The number of rotatable bonds is 6. The molecule has 25 heavy (non-hydrogen) atoms. The summed E-state index contributed by atoms with van der Waals surface area (Å²) in [5.74, 6) is -1.06. The Morgan fingerprint density at radius 1 is 1.08 bits per heavy atom. The Labute approximate surface area is 146 Å². The second kappa shape index (κ2) is 7.66. The molecule has 0 aliphatic carbocycles. The van der Waals surface area contributed by atoms with Crippen LogP contribution in [0.5, 0.6) is 0 Å². The first kappa shape index (κ1) is 16.8. The van der Waals surface area contributed by atoms with Gasteiger partial charge in [0.1, 0.15) is 6.10 Å². The first-order chi connectivity index (χ1) is 12.1. The molecule has 0 spiro atoms. The smallest absolute Gasteiger partial charge is 0.411 e. The van der Waals surface area contributed by atoms with Crippen molar-refractivity contribution in [3.05, 3.63) is 77.9 Å². The van der Waals surface area contributed by atoms with Crippen LogP contribution in [0.4, 0.5) is 4.79 Å². The van der Waals surface area contributed by atoms with E-state index in [1.54, 1.807) is 0 Å². The molecular weight excluding hydrogens is 318 g/mol. The second-order valence-electron chi connectivity index (χ2n) is 5.87. The average molecular weight is 337 g/mol. The van der Waals surface area contributed by atoms with E-state index in [1.165, 1.54) is 4.90 Å². The summed E-state index contributed by atoms with van der Waals surface area (Å²) in [6.07, 6.45) is 2.80. The molecule has 0 bridgehead atoms. The molecule has 5 heteroatoms. The summed E-state index contributed by atoms with van der Waals surface area (Å²) in [6, 6.07) is 18.0. The zero-order chi connectivity index (χ0) is 17.6. The molecule has 1 fully saturated rings. The van der Waals surface area contributed by atoms with E-state index in [0.717, 1.165) is 11.1 Å². The van der Waals surface area contributed by atoms with Gasteiger partial charge in [0, 0.05) is 6.42 Å². The van der Waals surface area contributed by atoms with Gasteiger partial charge < -0.3 is 9.84 Å². The summed E-state index contributed by atoms with van der Waals surface area (Å²) in [6.45, 7) is 0.218. The number of cyclic esters (lactones) is 1. The maximum absolute atomic E-state index is 12.2. The first-order valence-electron chi connectivity index (χ1n) is 8.11. The first-order valence-corrected chi connectivity index (χ1v) is 8.11. The Balaban J connectivity index is 1.71. The van der Waals surface area contributed by atoms with Crippen molar-refractivity contribution in [1.29, 1.82) is 0 Å². The lowest BCUT2D eigenvalue weighted by molar-refractivity contribution is -0.143. The number of carbonyl (C=O) groups excluding carboxylic acids is 1. The Kier molecular flexibility index (Phi) is 5.14. The lowest BCUT2D eigenvalue weighted by Gasteiger charge is -2.20. The average Bonchev–Trinajstić information content (AvgIpc) is 2.92.